The molecular weight excluding hydrogens is 288 g/mol. The summed E-state index contributed by atoms with van der Waals surface area (Å²) in [6.45, 7) is 13.5. The SMILES string of the molecule is C=C(C1=C(C)CCCC1)C1=C(C)CCC1.CCCCCCCCC. The number of hydrogen-bond acceptors (Lipinski definition) is 0. The van der Waals surface area contributed by atoms with Crippen LogP contribution < -0.4 is 0 Å². The summed E-state index contributed by atoms with van der Waals surface area (Å²) in [4.78, 5) is 0. The molecule has 0 bridgehead atoms. The van der Waals surface area contributed by atoms with Gasteiger partial charge in [-0.2, -0.15) is 0 Å². The second kappa shape index (κ2) is 12.6. The molecule has 0 heteroatoms. The van der Waals surface area contributed by atoms with Gasteiger partial charge >= 0.3 is 0 Å². The van der Waals surface area contributed by atoms with Gasteiger partial charge in [0.1, 0.15) is 0 Å². The summed E-state index contributed by atoms with van der Waals surface area (Å²) in [5.74, 6) is 0. The van der Waals surface area contributed by atoms with Crippen LogP contribution in [0.2, 0.25) is 0 Å². The standard InChI is InChI=1S/C15H22.C9H20/c1-11-7-4-5-9-14(11)13(3)15-10-6-8-12(15)2;1-3-5-7-9-8-6-4-2/h3-10H2,1-2H3;3-9H2,1-2H3. The minimum Gasteiger partial charge on any atom is -0.0912 e. The van der Waals surface area contributed by atoms with Crippen molar-refractivity contribution in [2.75, 3.05) is 0 Å². The second-order valence-corrected chi connectivity index (χ2v) is 7.82. The Labute approximate surface area is 152 Å². The summed E-state index contributed by atoms with van der Waals surface area (Å²) < 4.78 is 0. The van der Waals surface area contributed by atoms with Crippen molar-refractivity contribution in [1.82, 2.24) is 0 Å². The first kappa shape index (κ1) is 21.3. The average Bonchev–Trinajstić information content (AvgIpc) is 3.01. The zero-order chi connectivity index (χ0) is 17.8. The Morgan fingerprint density at radius 3 is 1.50 bits per heavy atom. The lowest BCUT2D eigenvalue weighted by molar-refractivity contribution is 0.602. The first-order chi connectivity index (χ1) is 11.6. The highest BCUT2D eigenvalue weighted by Gasteiger charge is 2.19. The van der Waals surface area contributed by atoms with Crippen LogP contribution >= 0.6 is 0 Å². The monoisotopic (exact) mass is 330 g/mol. The van der Waals surface area contributed by atoms with Gasteiger partial charge in [0, 0.05) is 0 Å². The maximum Gasteiger partial charge on any atom is -0.0266 e. The van der Waals surface area contributed by atoms with Crippen LogP contribution in [0.15, 0.2) is 34.4 Å². The van der Waals surface area contributed by atoms with Crippen LogP contribution in [0.1, 0.15) is 118 Å². The molecule has 138 valence electrons. The van der Waals surface area contributed by atoms with Gasteiger partial charge in [0.05, 0.1) is 0 Å². The number of unbranched alkanes of at least 4 members (excludes halogenated alkanes) is 6. The fourth-order valence-electron chi connectivity index (χ4n) is 3.98. The van der Waals surface area contributed by atoms with Gasteiger partial charge in [-0.05, 0) is 75.5 Å². The molecule has 0 unspecified atom stereocenters. The maximum absolute atomic E-state index is 4.35. The van der Waals surface area contributed by atoms with E-state index in [1.54, 1.807) is 22.3 Å². The van der Waals surface area contributed by atoms with Crippen LogP contribution in [-0.2, 0) is 0 Å². The van der Waals surface area contributed by atoms with Crippen LogP contribution in [0.5, 0.6) is 0 Å². The van der Waals surface area contributed by atoms with E-state index < -0.39 is 0 Å². The Morgan fingerprint density at radius 2 is 1.08 bits per heavy atom. The van der Waals surface area contributed by atoms with E-state index >= 15 is 0 Å². The molecule has 0 saturated heterocycles. The van der Waals surface area contributed by atoms with E-state index in [4.69, 9.17) is 0 Å². The zero-order valence-corrected chi connectivity index (χ0v) is 17.1. The molecule has 24 heavy (non-hydrogen) atoms. The van der Waals surface area contributed by atoms with E-state index in [2.05, 4.69) is 34.3 Å². The highest BCUT2D eigenvalue weighted by atomic mass is 14.2. The molecule has 2 rings (SSSR count). The van der Waals surface area contributed by atoms with Crippen molar-refractivity contribution in [3.63, 3.8) is 0 Å². The lowest BCUT2D eigenvalue weighted by atomic mass is 9.85. The molecule has 0 heterocycles. The zero-order valence-electron chi connectivity index (χ0n) is 17.1. The van der Waals surface area contributed by atoms with Crippen molar-refractivity contribution in [3.05, 3.63) is 34.4 Å². The molecule has 2 aliphatic carbocycles. The van der Waals surface area contributed by atoms with Gasteiger partial charge in [0.15, 0.2) is 0 Å². The van der Waals surface area contributed by atoms with E-state index in [1.807, 2.05) is 0 Å². The maximum atomic E-state index is 4.35. The Bertz CT molecular complexity index is 427. The van der Waals surface area contributed by atoms with Gasteiger partial charge in [-0.1, -0.05) is 76.5 Å². The van der Waals surface area contributed by atoms with Crippen molar-refractivity contribution in [1.29, 1.82) is 0 Å². The third kappa shape index (κ3) is 7.41. The molecule has 0 aromatic heterocycles. The molecule has 0 radical (unpaired) electrons. The molecule has 0 N–H and O–H groups in total. The average molecular weight is 331 g/mol. The quantitative estimate of drug-likeness (QED) is 0.390. The molecule has 0 nitrogen and oxygen atoms in total. The van der Waals surface area contributed by atoms with Crippen LogP contribution in [0.3, 0.4) is 0 Å². The summed E-state index contributed by atoms with van der Waals surface area (Å²) >= 11 is 0. The Balaban J connectivity index is 0.000000277. The summed E-state index contributed by atoms with van der Waals surface area (Å²) in [5.41, 5.74) is 7.72. The third-order valence-electron chi connectivity index (χ3n) is 5.67. The van der Waals surface area contributed by atoms with E-state index in [0.29, 0.717) is 0 Å². The van der Waals surface area contributed by atoms with Gasteiger partial charge < -0.3 is 0 Å². The lowest BCUT2D eigenvalue weighted by Crippen LogP contribution is -2.01. The van der Waals surface area contributed by atoms with Gasteiger partial charge in [-0.3, -0.25) is 0 Å². The largest absolute Gasteiger partial charge is 0.0912 e. The molecule has 0 saturated carbocycles. The minimum atomic E-state index is 1.27. The predicted octanol–water partition coefficient (Wildman–Crippen LogP) is 8.69. The van der Waals surface area contributed by atoms with Crippen molar-refractivity contribution < 1.29 is 0 Å². The minimum absolute atomic E-state index is 1.27. The number of hydrogen-bond donors (Lipinski definition) is 0. The van der Waals surface area contributed by atoms with Crippen LogP contribution in [0, 0.1) is 0 Å². The molecular formula is C24H42. The molecule has 2 aliphatic rings. The van der Waals surface area contributed by atoms with Crippen molar-refractivity contribution >= 4 is 0 Å². The fourth-order valence-corrected chi connectivity index (χ4v) is 3.98. The van der Waals surface area contributed by atoms with Gasteiger partial charge in [-0.15, -0.1) is 0 Å². The molecule has 0 spiro atoms. The number of rotatable bonds is 8. The normalized spacial score (nSPS) is 17.8. The van der Waals surface area contributed by atoms with Gasteiger partial charge in [0.2, 0.25) is 0 Å². The van der Waals surface area contributed by atoms with E-state index in [1.165, 1.54) is 95.5 Å². The Morgan fingerprint density at radius 1 is 0.667 bits per heavy atom. The van der Waals surface area contributed by atoms with Crippen molar-refractivity contribution in [3.8, 4) is 0 Å². The van der Waals surface area contributed by atoms with E-state index in [9.17, 15) is 0 Å². The summed E-state index contributed by atoms with van der Waals surface area (Å²) in [5, 5.41) is 0. The van der Waals surface area contributed by atoms with E-state index in [0.717, 1.165) is 0 Å². The van der Waals surface area contributed by atoms with Crippen LogP contribution in [-0.4, -0.2) is 0 Å². The summed E-state index contributed by atoms with van der Waals surface area (Å²) in [6.07, 6.45) is 19.2. The van der Waals surface area contributed by atoms with Crippen LogP contribution in [0.4, 0.5) is 0 Å². The summed E-state index contributed by atoms with van der Waals surface area (Å²) in [6, 6.07) is 0. The molecule has 0 aromatic rings. The Kier molecular flexibility index (Phi) is 11.1. The second-order valence-electron chi connectivity index (χ2n) is 7.82. The molecule has 0 amide bonds. The smallest absolute Gasteiger partial charge is 0.0266 e. The molecule has 0 aromatic carbocycles. The van der Waals surface area contributed by atoms with Gasteiger partial charge in [0.25, 0.3) is 0 Å². The Hall–Kier alpha value is -0.780. The third-order valence-corrected chi connectivity index (χ3v) is 5.67. The van der Waals surface area contributed by atoms with Crippen molar-refractivity contribution in [2.45, 2.75) is 118 Å². The van der Waals surface area contributed by atoms with E-state index in [-0.39, 0.29) is 0 Å². The number of allylic oxidation sites excluding steroid dienone is 5. The van der Waals surface area contributed by atoms with Crippen molar-refractivity contribution in [2.24, 2.45) is 0 Å². The lowest BCUT2D eigenvalue weighted by Gasteiger charge is -2.21. The predicted molar refractivity (Wildman–Crippen MR) is 111 cm³/mol. The topological polar surface area (TPSA) is 0 Å². The van der Waals surface area contributed by atoms with Crippen LogP contribution in [0.25, 0.3) is 0 Å². The highest BCUT2D eigenvalue weighted by Crippen LogP contribution is 2.38. The van der Waals surface area contributed by atoms with Gasteiger partial charge in [-0.25, -0.2) is 0 Å². The molecule has 0 fully saturated rings. The fraction of sp³-hybridized carbons (Fsp3) is 0.750. The first-order valence-electron chi connectivity index (χ1n) is 10.7. The first-order valence-corrected chi connectivity index (χ1v) is 10.7. The molecule has 0 atom stereocenters. The molecule has 0 aliphatic heterocycles. The summed E-state index contributed by atoms with van der Waals surface area (Å²) in [7, 11) is 0. The highest BCUT2D eigenvalue weighted by molar-refractivity contribution is 5.50.